The van der Waals surface area contributed by atoms with Crippen molar-refractivity contribution in [3.8, 4) is 0 Å². The van der Waals surface area contributed by atoms with Gasteiger partial charge >= 0.3 is 0 Å². The Hall–Kier alpha value is -1.83. The van der Waals surface area contributed by atoms with Crippen molar-refractivity contribution in [3.05, 3.63) is 64.9 Å². The Morgan fingerprint density at radius 3 is 2.62 bits per heavy atom. The van der Waals surface area contributed by atoms with E-state index in [9.17, 15) is 9.18 Å². The number of anilines is 1. The molecule has 2 aromatic rings. The minimum absolute atomic E-state index is 0.0100. The SMILES string of the molecule is O=C(CSCc1ccccc1)NNC(=S)Nc1ccc(F)c(Cl)c1. The normalized spacial score (nSPS) is 10.1. The maximum absolute atomic E-state index is 13.1. The van der Waals surface area contributed by atoms with Crippen molar-refractivity contribution in [3.63, 3.8) is 0 Å². The third-order valence-electron chi connectivity index (χ3n) is 2.84. The van der Waals surface area contributed by atoms with Gasteiger partial charge in [-0.3, -0.25) is 15.6 Å². The van der Waals surface area contributed by atoms with Gasteiger partial charge in [0, 0.05) is 11.4 Å². The number of hydrogen-bond acceptors (Lipinski definition) is 3. The highest BCUT2D eigenvalue weighted by molar-refractivity contribution is 7.99. The highest BCUT2D eigenvalue weighted by atomic mass is 35.5. The molecule has 0 bridgehead atoms. The second-order valence-electron chi connectivity index (χ2n) is 4.73. The fraction of sp³-hybridized carbons (Fsp3) is 0.125. The van der Waals surface area contributed by atoms with Crippen LogP contribution in [0.15, 0.2) is 48.5 Å². The van der Waals surface area contributed by atoms with Crippen molar-refractivity contribution in [1.82, 2.24) is 10.9 Å². The predicted octanol–water partition coefficient (Wildman–Crippen LogP) is 3.73. The highest BCUT2D eigenvalue weighted by Crippen LogP contribution is 2.19. The first-order valence-corrected chi connectivity index (χ1v) is 8.91. The zero-order valence-electron chi connectivity index (χ0n) is 12.5. The molecule has 0 atom stereocenters. The number of hydrogen-bond donors (Lipinski definition) is 3. The Kier molecular flexibility index (Phi) is 7.30. The van der Waals surface area contributed by atoms with Gasteiger partial charge in [0.05, 0.1) is 10.8 Å². The molecule has 0 fully saturated rings. The molecule has 0 radical (unpaired) electrons. The van der Waals surface area contributed by atoms with E-state index >= 15 is 0 Å². The molecule has 0 unspecified atom stereocenters. The summed E-state index contributed by atoms with van der Waals surface area (Å²) in [7, 11) is 0. The zero-order chi connectivity index (χ0) is 17.4. The van der Waals surface area contributed by atoms with Crippen LogP contribution < -0.4 is 16.2 Å². The minimum Gasteiger partial charge on any atom is -0.331 e. The number of hydrazine groups is 1. The summed E-state index contributed by atoms with van der Waals surface area (Å²) >= 11 is 12.2. The Labute approximate surface area is 154 Å². The molecule has 3 N–H and O–H groups in total. The van der Waals surface area contributed by atoms with Crippen LogP contribution in [0.4, 0.5) is 10.1 Å². The van der Waals surface area contributed by atoms with Crippen molar-refractivity contribution in [1.29, 1.82) is 0 Å². The third kappa shape index (κ3) is 6.35. The number of benzene rings is 2. The van der Waals surface area contributed by atoms with Gasteiger partial charge in [-0.05, 0) is 36.0 Å². The van der Waals surface area contributed by atoms with Crippen LogP contribution in [0.2, 0.25) is 5.02 Å². The average molecular weight is 384 g/mol. The topological polar surface area (TPSA) is 53.2 Å². The van der Waals surface area contributed by atoms with Crippen LogP contribution in [0, 0.1) is 5.82 Å². The van der Waals surface area contributed by atoms with Crippen molar-refractivity contribution in [2.45, 2.75) is 5.75 Å². The molecular formula is C16H15ClFN3OS2. The van der Waals surface area contributed by atoms with E-state index in [1.165, 1.54) is 30.0 Å². The Morgan fingerprint density at radius 2 is 1.92 bits per heavy atom. The van der Waals surface area contributed by atoms with E-state index in [0.29, 0.717) is 11.4 Å². The van der Waals surface area contributed by atoms with E-state index in [0.717, 1.165) is 11.3 Å². The summed E-state index contributed by atoms with van der Waals surface area (Å²) in [6.45, 7) is 0. The van der Waals surface area contributed by atoms with E-state index in [4.69, 9.17) is 23.8 Å². The lowest BCUT2D eigenvalue weighted by Crippen LogP contribution is -2.44. The molecular weight excluding hydrogens is 369 g/mol. The lowest BCUT2D eigenvalue weighted by Gasteiger charge is -2.12. The van der Waals surface area contributed by atoms with Crippen molar-refractivity contribution < 1.29 is 9.18 Å². The fourth-order valence-electron chi connectivity index (χ4n) is 1.73. The Morgan fingerprint density at radius 1 is 1.17 bits per heavy atom. The van der Waals surface area contributed by atoms with E-state index < -0.39 is 5.82 Å². The van der Waals surface area contributed by atoms with Gasteiger partial charge in [-0.2, -0.15) is 0 Å². The summed E-state index contributed by atoms with van der Waals surface area (Å²) in [5.74, 6) is 0.347. The molecule has 24 heavy (non-hydrogen) atoms. The molecule has 0 spiro atoms. The Balaban J connectivity index is 1.67. The number of nitrogens with one attached hydrogen (secondary N) is 3. The van der Waals surface area contributed by atoms with E-state index in [1.807, 2.05) is 30.3 Å². The number of thiocarbonyl (C=S) groups is 1. The average Bonchev–Trinajstić information content (AvgIpc) is 2.57. The molecule has 0 aromatic heterocycles. The van der Waals surface area contributed by atoms with E-state index in [1.54, 1.807) is 0 Å². The van der Waals surface area contributed by atoms with Gasteiger partial charge in [0.15, 0.2) is 5.11 Å². The van der Waals surface area contributed by atoms with Crippen LogP contribution in [-0.4, -0.2) is 16.8 Å². The number of thioether (sulfide) groups is 1. The Bertz CT molecular complexity index is 716. The second kappa shape index (κ2) is 9.46. The van der Waals surface area contributed by atoms with Gasteiger partial charge in [0.2, 0.25) is 5.91 Å². The molecule has 0 heterocycles. The molecule has 0 aliphatic heterocycles. The van der Waals surface area contributed by atoms with Gasteiger partial charge in [-0.1, -0.05) is 41.9 Å². The summed E-state index contributed by atoms with van der Waals surface area (Å²) in [5.41, 5.74) is 6.76. The molecule has 1 amide bonds. The zero-order valence-corrected chi connectivity index (χ0v) is 14.9. The summed E-state index contributed by atoms with van der Waals surface area (Å²) in [6, 6.07) is 14.0. The van der Waals surface area contributed by atoms with Crippen LogP contribution in [0.1, 0.15) is 5.56 Å². The monoisotopic (exact) mass is 383 g/mol. The maximum atomic E-state index is 13.1. The smallest absolute Gasteiger partial charge is 0.248 e. The van der Waals surface area contributed by atoms with Gasteiger partial charge in [-0.15, -0.1) is 11.8 Å². The van der Waals surface area contributed by atoms with Crippen molar-refractivity contribution in [2.24, 2.45) is 0 Å². The van der Waals surface area contributed by atoms with Crippen LogP contribution in [0.3, 0.4) is 0 Å². The lowest BCUT2D eigenvalue weighted by atomic mass is 10.2. The van der Waals surface area contributed by atoms with Crippen LogP contribution in [0.5, 0.6) is 0 Å². The molecule has 126 valence electrons. The summed E-state index contributed by atoms with van der Waals surface area (Å²) in [4.78, 5) is 11.7. The van der Waals surface area contributed by atoms with Gasteiger partial charge < -0.3 is 5.32 Å². The first-order valence-electron chi connectivity index (χ1n) is 6.97. The number of carbonyl (C=O) groups is 1. The fourth-order valence-corrected chi connectivity index (χ4v) is 2.87. The van der Waals surface area contributed by atoms with Crippen LogP contribution in [0.25, 0.3) is 0 Å². The highest BCUT2D eigenvalue weighted by Gasteiger charge is 2.05. The third-order valence-corrected chi connectivity index (χ3v) is 4.34. The lowest BCUT2D eigenvalue weighted by molar-refractivity contribution is -0.119. The molecule has 4 nitrogen and oxygen atoms in total. The first kappa shape index (κ1) is 18.5. The molecule has 2 rings (SSSR count). The number of amides is 1. The van der Waals surface area contributed by atoms with Crippen LogP contribution in [-0.2, 0) is 10.5 Å². The van der Waals surface area contributed by atoms with Gasteiger partial charge in [-0.25, -0.2) is 4.39 Å². The van der Waals surface area contributed by atoms with E-state index in [2.05, 4.69) is 16.2 Å². The predicted molar refractivity (Wildman–Crippen MR) is 102 cm³/mol. The molecule has 0 aliphatic rings. The first-order chi connectivity index (χ1) is 11.5. The summed E-state index contributed by atoms with van der Waals surface area (Å²) in [5, 5.41) is 2.96. The second-order valence-corrected chi connectivity index (χ2v) is 6.54. The van der Waals surface area contributed by atoms with E-state index in [-0.39, 0.29) is 16.0 Å². The molecule has 0 aliphatic carbocycles. The largest absolute Gasteiger partial charge is 0.331 e. The summed E-state index contributed by atoms with van der Waals surface area (Å²) in [6.07, 6.45) is 0. The maximum Gasteiger partial charge on any atom is 0.248 e. The molecule has 2 aromatic carbocycles. The quantitative estimate of drug-likeness (QED) is 0.542. The van der Waals surface area contributed by atoms with Crippen molar-refractivity contribution >= 4 is 52.3 Å². The van der Waals surface area contributed by atoms with Gasteiger partial charge in [0.25, 0.3) is 0 Å². The van der Waals surface area contributed by atoms with Gasteiger partial charge in [0.1, 0.15) is 5.82 Å². The molecule has 0 saturated heterocycles. The minimum atomic E-state index is -0.509. The number of rotatable bonds is 5. The molecule has 0 saturated carbocycles. The molecule has 8 heteroatoms. The van der Waals surface area contributed by atoms with Crippen molar-refractivity contribution in [2.75, 3.05) is 11.1 Å². The number of carbonyl (C=O) groups excluding carboxylic acids is 1. The standard InChI is InChI=1S/C16H15ClFN3OS2/c17-13-8-12(6-7-14(13)18)19-16(23)21-20-15(22)10-24-9-11-4-2-1-3-5-11/h1-8H,9-10H2,(H,20,22)(H2,19,21,23). The van der Waals surface area contributed by atoms with Crippen LogP contribution >= 0.6 is 35.6 Å². The summed E-state index contributed by atoms with van der Waals surface area (Å²) < 4.78 is 13.1. The number of halogens is 2.